The Hall–Kier alpha value is -2.08. The lowest BCUT2D eigenvalue weighted by molar-refractivity contribution is 0.0697. The highest BCUT2D eigenvalue weighted by atomic mass is 32.1. The van der Waals surface area contributed by atoms with Gasteiger partial charge in [0.25, 0.3) is 0 Å². The highest BCUT2D eigenvalue weighted by molar-refractivity contribution is 7.09. The fourth-order valence-electron chi connectivity index (χ4n) is 1.67. The van der Waals surface area contributed by atoms with E-state index >= 15 is 0 Å². The SMILES string of the molecule is CC(CNc1cc(C(=O)O)ccc1N)c1nccs1. The molecule has 0 aliphatic rings. The zero-order chi connectivity index (χ0) is 13.8. The molecule has 1 heterocycles. The van der Waals surface area contributed by atoms with Crippen LogP contribution in [-0.2, 0) is 0 Å². The van der Waals surface area contributed by atoms with E-state index in [1.54, 1.807) is 29.7 Å². The van der Waals surface area contributed by atoms with Crippen molar-refractivity contribution in [2.24, 2.45) is 0 Å². The molecule has 0 aliphatic heterocycles. The van der Waals surface area contributed by atoms with E-state index in [2.05, 4.69) is 17.2 Å². The van der Waals surface area contributed by atoms with Crippen LogP contribution in [0.1, 0.15) is 28.2 Å². The van der Waals surface area contributed by atoms with E-state index in [-0.39, 0.29) is 11.5 Å². The monoisotopic (exact) mass is 277 g/mol. The molecule has 0 amide bonds. The normalized spacial score (nSPS) is 12.1. The Kier molecular flexibility index (Phi) is 4.01. The van der Waals surface area contributed by atoms with Crippen LogP contribution in [0.5, 0.6) is 0 Å². The number of anilines is 2. The van der Waals surface area contributed by atoms with Gasteiger partial charge in [-0.25, -0.2) is 9.78 Å². The summed E-state index contributed by atoms with van der Waals surface area (Å²) < 4.78 is 0. The third kappa shape index (κ3) is 3.23. The minimum absolute atomic E-state index is 0.221. The molecule has 0 bridgehead atoms. The standard InChI is InChI=1S/C13H15N3O2S/c1-8(12-15-4-5-19-12)7-16-11-6-9(13(17)18)2-3-10(11)14/h2-6,8,16H,7,14H2,1H3,(H,17,18). The van der Waals surface area contributed by atoms with Crippen molar-refractivity contribution in [2.75, 3.05) is 17.6 Å². The van der Waals surface area contributed by atoms with Crippen LogP contribution in [0.2, 0.25) is 0 Å². The lowest BCUT2D eigenvalue weighted by atomic mass is 10.1. The molecule has 5 nitrogen and oxygen atoms in total. The van der Waals surface area contributed by atoms with Gasteiger partial charge in [0.05, 0.1) is 21.9 Å². The number of aromatic nitrogens is 1. The molecule has 1 aromatic carbocycles. The van der Waals surface area contributed by atoms with E-state index in [0.29, 0.717) is 17.9 Å². The van der Waals surface area contributed by atoms with Gasteiger partial charge < -0.3 is 16.2 Å². The van der Waals surface area contributed by atoms with Crippen LogP contribution in [0.4, 0.5) is 11.4 Å². The molecule has 100 valence electrons. The molecular formula is C13H15N3O2S. The van der Waals surface area contributed by atoms with E-state index in [1.807, 2.05) is 5.38 Å². The maximum absolute atomic E-state index is 10.9. The number of nitrogens with two attached hydrogens (primary N) is 1. The summed E-state index contributed by atoms with van der Waals surface area (Å²) in [7, 11) is 0. The average molecular weight is 277 g/mol. The number of rotatable bonds is 5. The second-order valence-corrected chi connectivity index (χ2v) is 5.19. The molecule has 1 aromatic heterocycles. The molecule has 2 aromatic rings. The Balaban J connectivity index is 2.06. The van der Waals surface area contributed by atoms with Crippen LogP contribution in [-0.4, -0.2) is 22.6 Å². The number of thiazole rings is 1. The number of aromatic carboxylic acids is 1. The molecule has 1 atom stereocenters. The van der Waals surface area contributed by atoms with Gasteiger partial charge in [0, 0.05) is 24.0 Å². The number of nitrogens with zero attached hydrogens (tertiary/aromatic N) is 1. The predicted octanol–water partition coefficient (Wildman–Crippen LogP) is 2.64. The van der Waals surface area contributed by atoms with Crippen molar-refractivity contribution < 1.29 is 9.90 Å². The minimum atomic E-state index is -0.962. The quantitative estimate of drug-likeness (QED) is 0.731. The summed E-state index contributed by atoms with van der Waals surface area (Å²) in [5, 5.41) is 15.1. The van der Waals surface area contributed by atoms with Crippen LogP contribution in [0, 0.1) is 0 Å². The number of nitrogens with one attached hydrogen (secondary N) is 1. The molecule has 19 heavy (non-hydrogen) atoms. The fraction of sp³-hybridized carbons (Fsp3) is 0.231. The van der Waals surface area contributed by atoms with Crippen molar-refractivity contribution in [1.82, 2.24) is 4.98 Å². The van der Waals surface area contributed by atoms with E-state index in [1.165, 1.54) is 6.07 Å². The number of carbonyl (C=O) groups is 1. The Bertz CT molecular complexity index is 569. The lowest BCUT2D eigenvalue weighted by Crippen LogP contribution is -2.11. The number of carboxylic acid groups (broad SMARTS) is 1. The van der Waals surface area contributed by atoms with E-state index < -0.39 is 5.97 Å². The molecule has 0 saturated heterocycles. The number of carboxylic acids is 1. The smallest absolute Gasteiger partial charge is 0.335 e. The first-order valence-electron chi connectivity index (χ1n) is 5.84. The van der Waals surface area contributed by atoms with Crippen LogP contribution in [0.15, 0.2) is 29.8 Å². The van der Waals surface area contributed by atoms with Gasteiger partial charge in [-0.15, -0.1) is 11.3 Å². The molecule has 0 spiro atoms. The van der Waals surface area contributed by atoms with Crippen LogP contribution < -0.4 is 11.1 Å². The van der Waals surface area contributed by atoms with Crippen molar-refractivity contribution >= 4 is 28.7 Å². The maximum atomic E-state index is 10.9. The van der Waals surface area contributed by atoms with Crippen molar-refractivity contribution in [3.05, 3.63) is 40.3 Å². The summed E-state index contributed by atoms with van der Waals surface area (Å²) >= 11 is 1.60. The molecule has 2 rings (SSSR count). The van der Waals surface area contributed by atoms with E-state index in [4.69, 9.17) is 10.8 Å². The van der Waals surface area contributed by atoms with Crippen molar-refractivity contribution in [3.63, 3.8) is 0 Å². The second-order valence-electron chi connectivity index (χ2n) is 4.26. The summed E-state index contributed by atoms with van der Waals surface area (Å²) in [4.78, 5) is 15.2. The third-order valence-corrected chi connectivity index (χ3v) is 3.78. The predicted molar refractivity (Wildman–Crippen MR) is 76.8 cm³/mol. The largest absolute Gasteiger partial charge is 0.478 e. The first-order chi connectivity index (χ1) is 9.08. The summed E-state index contributed by atoms with van der Waals surface area (Å²) in [6, 6.07) is 4.64. The molecule has 0 saturated carbocycles. The Labute approximate surface area is 115 Å². The average Bonchev–Trinajstić information content (AvgIpc) is 2.91. The molecule has 0 fully saturated rings. The summed E-state index contributed by atoms with van der Waals surface area (Å²) in [6.45, 7) is 2.71. The van der Waals surface area contributed by atoms with Gasteiger partial charge in [0.15, 0.2) is 0 Å². The summed E-state index contributed by atoms with van der Waals surface area (Å²) in [6.07, 6.45) is 1.77. The van der Waals surface area contributed by atoms with Gasteiger partial charge in [-0.05, 0) is 18.2 Å². The molecule has 1 unspecified atom stereocenters. The number of hydrogen-bond acceptors (Lipinski definition) is 5. The molecular weight excluding hydrogens is 262 g/mol. The van der Waals surface area contributed by atoms with Crippen molar-refractivity contribution in [1.29, 1.82) is 0 Å². The number of benzene rings is 1. The minimum Gasteiger partial charge on any atom is -0.478 e. The highest BCUT2D eigenvalue weighted by Gasteiger charge is 2.10. The van der Waals surface area contributed by atoms with E-state index in [0.717, 1.165) is 5.01 Å². The topological polar surface area (TPSA) is 88.2 Å². The maximum Gasteiger partial charge on any atom is 0.335 e. The summed E-state index contributed by atoms with van der Waals surface area (Å²) in [5.41, 5.74) is 7.23. The van der Waals surface area contributed by atoms with Crippen LogP contribution in [0.25, 0.3) is 0 Å². The zero-order valence-electron chi connectivity index (χ0n) is 10.5. The number of hydrogen-bond donors (Lipinski definition) is 3. The highest BCUT2D eigenvalue weighted by Crippen LogP contribution is 2.23. The molecule has 0 radical (unpaired) electrons. The third-order valence-electron chi connectivity index (χ3n) is 2.77. The Morgan fingerprint density at radius 2 is 2.37 bits per heavy atom. The Morgan fingerprint density at radius 1 is 1.58 bits per heavy atom. The summed E-state index contributed by atoms with van der Waals surface area (Å²) in [5.74, 6) is -0.719. The van der Waals surface area contributed by atoms with Crippen LogP contribution in [0.3, 0.4) is 0 Å². The van der Waals surface area contributed by atoms with Gasteiger partial charge in [0.2, 0.25) is 0 Å². The first kappa shape index (κ1) is 13.4. The molecule has 0 aliphatic carbocycles. The van der Waals surface area contributed by atoms with Gasteiger partial charge in [-0.2, -0.15) is 0 Å². The second kappa shape index (κ2) is 5.71. The van der Waals surface area contributed by atoms with Crippen molar-refractivity contribution in [3.8, 4) is 0 Å². The number of nitrogen functional groups attached to an aromatic ring is 1. The lowest BCUT2D eigenvalue weighted by Gasteiger charge is -2.13. The van der Waals surface area contributed by atoms with E-state index in [9.17, 15) is 4.79 Å². The molecule has 6 heteroatoms. The van der Waals surface area contributed by atoms with Crippen LogP contribution >= 0.6 is 11.3 Å². The van der Waals surface area contributed by atoms with Crippen molar-refractivity contribution in [2.45, 2.75) is 12.8 Å². The zero-order valence-corrected chi connectivity index (χ0v) is 11.3. The van der Waals surface area contributed by atoms with Gasteiger partial charge in [-0.3, -0.25) is 0 Å². The van der Waals surface area contributed by atoms with Gasteiger partial charge >= 0.3 is 5.97 Å². The van der Waals surface area contributed by atoms with Gasteiger partial charge in [0.1, 0.15) is 0 Å². The fourth-order valence-corrected chi connectivity index (χ4v) is 2.37. The van der Waals surface area contributed by atoms with Gasteiger partial charge in [-0.1, -0.05) is 6.92 Å². The first-order valence-corrected chi connectivity index (χ1v) is 6.72. The Morgan fingerprint density at radius 3 is 3.00 bits per heavy atom. The molecule has 4 N–H and O–H groups in total.